The summed E-state index contributed by atoms with van der Waals surface area (Å²) in [6, 6.07) is 7.60. The van der Waals surface area contributed by atoms with E-state index in [2.05, 4.69) is 22.4 Å². The Labute approximate surface area is 152 Å². The summed E-state index contributed by atoms with van der Waals surface area (Å²) in [4.78, 5) is 12.8. The molecule has 0 saturated heterocycles. The molecule has 2 N–H and O–H groups in total. The van der Waals surface area contributed by atoms with E-state index in [9.17, 15) is 4.79 Å². The third-order valence-corrected chi connectivity index (χ3v) is 4.70. The molecular formula is C19H22ClN3O2. The van der Waals surface area contributed by atoms with Gasteiger partial charge >= 0.3 is 5.97 Å². The van der Waals surface area contributed by atoms with Crippen LogP contribution in [-0.2, 0) is 9.53 Å². The van der Waals surface area contributed by atoms with Crippen molar-refractivity contribution in [1.82, 2.24) is 10.2 Å². The van der Waals surface area contributed by atoms with Crippen molar-refractivity contribution in [3.8, 4) is 0 Å². The van der Waals surface area contributed by atoms with E-state index < -0.39 is 0 Å². The Morgan fingerprint density at radius 3 is 2.80 bits per heavy atom. The van der Waals surface area contributed by atoms with E-state index in [1.165, 1.54) is 0 Å². The number of carbonyl (C=O) groups excluding carboxylic acids is 1. The molecule has 1 unspecified atom stereocenters. The molecule has 0 saturated carbocycles. The van der Waals surface area contributed by atoms with Crippen LogP contribution in [0.3, 0.4) is 0 Å². The van der Waals surface area contributed by atoms with Crippen molar-refractivity contribution in [3.05, 3.63) is 57.9 Å². The van der Waals surface area contributed by atoms with Gasteiger partial charge in [-0.15, -0.1) is 0 Å². The number of aromatic nitrogens is 2. The maximum absolute atomic E-state index is 12.8. The molecule has 0 aliphatic carbocycles. The summed E-state index contributed by atoms with van der Waals surface area (Å²) >= 11 is 6.46. The molecule has 2 heterocycles. The minimum atomic E-state index is -0.308. The molecule has 1 aromatic carbocycles. The number of anilines is 1. The standard InChI is InChI=1S/C19H22ClN3O2/c1-3-5-10-15-17(19(24)25-4-2)16(12-8-6-7-9-14(12)20)13-11-21-23-18(13)22-15/h6-9,11,16H,3-5,10H2,1-2H3,(H2,21,22,23). The first-order chi connectivity index (χ1) is 12.2. The zero-order chi connectivity index (χ0) is 17.8. The molecule has 1 aliphatic rings. The van der Waals surface area contributed by atoms with E-state index in [4.69, 9.17) is 16.3 Å². The van der Waals surface area contributed by atoms with Crippen molar-refractivity contribution < 1.29 is 9.53 Å². The fourth-order valence-corrected chi connectivity index (χ4v) is 3.44. The van der Waals surface area contributed by atoms with Crippen LogP contribution in [0.1, 0.15) is 50.2 Å². The lowest BCUT2D eigenvalue weighted by Gasteiger charge is -2.29. The number of fused-ring (bicyclic) bond motifs is 1. The number of esters is 1. The van der Waals surface area contributed by atoms with Gasteiger partial charge in [0.25, 0.3) is 0 Å². The van der Waals surface area contributed by atoms with E-state index in [1.807, 2.05) is 37.4 Å². The summed E-state index contributed by atoms with van der Waals surface area (Å²) in [5, 5.41) is 11.1. The monoisotopic (exact) mass is 359 g/mol. The van der Waals surface area contributed by atoms with Crippen molar-refractivity contribution in [2.24, 2.45) is 0 Å². The Morgan fingerprint density at radius 1 is 1.28 bits per heavy atom. The average molecular weight is 360 g/mol. The number of hydrogen-bond acceptors (Lipinski definition) is 4. The van der Waals surface area contributed by atoms with Gasteiger partial charge in [-0.05, 0) is 31.4 Å². The highest BCUT2D eigenvalue weighted by atomic mass is 35.5. The number of aromatic amines is 1. The fraction of sp³-hybridized carbons (Fsp3) is 0.368. The first-order valence-electron chi connectivity index (χ1n) is 8.62. The third kappa shape index (κ3) is 3.42. The molecule has 132 valence electrons. The maximum atomic E-state index is 12.8. The third-order valence-electron chi connectivity index (χ3n) is 4.36. The average Bonchev–Trinajstić information content (AvgIpc) is 3.07. The fourth-order valence-electron chi connectivity index (χ4n) is 3.19. The first kappa shape index (κ1) is 17.5. The summed E-state index contributed by atoms with van der Waals surface area (Å²) in [5.41, 5.74) is 3.27. The van der Waals surface area contributed by atoms with Crippen LogP contribution in [0.5, 0.6) is 0 Å². The van der Waals surface area contributed by atoms with Crippen molar-refractivity contribution in [2.75, 3.05) is 11.9 Å². The van der Waals surface area contributed by atoms with Gasteiger partial charge in [-0.1, -0.05) is 43.1 Å². The number of nitrogens with one attached hydrogen (secondary N) is 2. The Hall–Kier alpha value is -2.27. The molecular weight excluding hydrogens is 338 g/mol. The quantitative estimate of drug-likeness (QED) is 0.738. The molecule has 0 spiro atoms. The molecule has 1 aliphatic heterocycles. The number of carbonyl (C=O) groups is 1. The Kier molecular flexibility index (Phi) is 5.43. The van der Waals surface area contributed by atoms with Gasteiger partial charge in [-0.25, -0.2) is 4.79 Å². The number of H-pyrrole nitrogens is 1. The van der Waals surface area contributed by atoms with Crippen molar-refractivity contribution in [3.63, 3.8) is 0 Å². The van der Waals surface area contributed by atoms with Crippen LogP contribution in [0.25, 0.3) is 0 Å². The van der Waals surface area contributed by atoms with Gasteiger partial charge < -0.3 is 10.1 Å². The van der Waals surface area contributed by atoms with E-state index in [-0.39, 0.29) is 11.9 Å². The number of nitrogens with zero attached hydrogens (tertiary/aromatic N) is 1. The lowest BCUT2D eigenvalue weighted by Crippen LogP contribution is -2.25. The van der Waals surface area contributed by atoms with E-state index >= 15 is 0 Å². The summed E-state index contributed by atoms with van der Waals surface area (Å²) in [6.07, 6.45) is 4.58. The predicted molar refractivity (Wildman–Crippen MR) is 98.7 cm³/mol. The normalized spacial score (nSPS) is 16.4. The van der Waals surface area contributed by atoms with Gasteiger partial charge in [-0.2, -0.15) is 5.10 Å². The van der Waals surface area contributed by atoms with Crippen molar-refractivity contribution in [2.45, 2.75) is 39.0 Å². The molecule has 0 radical (unpaired) electrons. The molecule has 6 heteroatoms. The minimum Gasteiger partial charge on any atom is -0.463 e. The molecule has 0 bridgehead atoms. The molecule has 25 heavy (non-hydrogen) atoms. The predicted octanol–water partition coefficient (Wildman–Crippen LogP) is 4.63. The second-order valence-corrected chi connectivity index (χ2v) is 6.39. The van der Waals surface area contributed by atoms with Crippen molar-refractivity contribution in [1.29, 1.82) is 0 Å². The maximum Gasteiger partial charge on any atom is 0.336 e. The SMILES string of the molecule is CCCCC1=C(C(=O)OCC)C(c2ccccc2Cl)c2c[nH]nc2N1. The number of ether oxygens (including phenoxy) is 1. The Balaban J connectivity index is 2.17. The second kappa shape index (κ2) is 7.74. The number of halogens is 1. The van der Waals surface area contributed by atoms with Crippen LogP contribution in [0.2, 0.25) is 5.02 Å². The Morgan fingerprint density at radius 2 is 2.08 bits per heavy atom. The Bertz CT molecular complexity index is 797. The van der Waals surface area contributed by atoms with Gasteiger partial charge in [0.2, 0.25) is 0 Å². The lowest BCUT2D eigenvalue weighted by atomic mass is 9.82. The highest BCUT2D eigenvalue weighted by molar-refractivity contribution is 6.31. The van der Waals surface area contributed by atoms with Crippen LogP contribution < -0.4 is 5.32 Å². The van der Waals surface area contributed by atoms with E-state index in [1.54, 1.807) is 0 Å². The van der Waals surface area contributed by atoms with Gasteiger partial charge in [0, 0.05) is 28.4 Å². The smallest absolute Gasteiger partial charge is 0.336 e. The minimum absolute atomic E-state index is 0.297. The number of hydrogen-bond donors (Lipinski definition) is 2. The van der Waals surface area contributed by atoms with Crippen LogP contribution in [0.15, 0.2) is 41.7 Å². The van der Waals surface area contributed by atoms with Crippen LogP contribution in [-0.4, -0.2) is 22.8 Å². The molecule has 5 nitrogen and oxygen atoms in total. The number of benzene rings is 1. The molecule has 1 atom stereocenters. The summed E-state index contributed by atoms with van der Waals surface area (Å²) in [7, 11) is 0. The molecule has 0 amide bonds. The van der Waals surface area contributed by atoms with Gasteiger partial charge in [0.15, 0.2) is 5.82 Å². The first-order valence-corrected chi connectivity index (χ1v) is 9.00. The summed E-state index contributed by atoms with van der Waals surface area (Å²) in [5.74, 6) is 0.136. The topological polar surface area (TPSA) is 67.0 Å². The van der Waals surface area contributed by atoms with Gasteiger partial charge in [-0.3, -0.25) is 5.10 Å². The molecule has 1 aromatic heterocycles. The zero-order valence-corrected chi connectivity index (χ0v) is 15.2. The highest BCUT2D eigenvalue weighted by Gasteiger charge is 2.36. The van der Waals surface area contributed by atoms with Crippen LogP contribution in [0.4, 0.5) is 5.82 Å². The molecule has 2 aromatic rings. The highest BCUT2D eigenvalue weighted by Crippen LogP contribution is 2.44. The van der Waals surface area contributed by atoms with Gasteiger partial charge in [0.05, 0.1) is 12.2 Å². The molecule has 3 rings (SSSR count). The number of unbranched alkanes of at least 4 members (excludes halogenated alkanes) is 1. The van der Waals surface area contributed by atoms with Crippen LogP contribution in [0, 0.1) is 0 Å². The summed E-state index contributed by atoms with van der Waals surface area (Å²) < 4.78 is 5.36. The van der Waals surface area contributed by atoms with Gasteiger partial charge in [0.1, 0.15) is 0 Å². The second-order valence-electron chi connectivity index (χ2n) is 5.98. The zero-order valence-electron chi connectivity index (χ0n) is 14.4. The van der Waals surface area contributed by atoms with E-state index in [0.29, 0.717) is 17.2 Å². The van der Waals surface area contributed by atoms with Crippen molar-refractivity contribution >= 4 is 23.4 Å². The number of allylic oxidation sites excluding steroid dienone is 1. The molecule has 0 fully saturated rings. The van der Waals surface area contributed by atoms with E-state index in [0.717, 1.165) is 41.9 Å². The lowest BCUT2D eigenvalue weighted by molar-refractivity contribution is -0.138. The summed E-state index contributed by atoms with van der Waals surface area (Å²) in [6.45, 7) is 4.27. The number of rotatable bonds is 6. The largest absolute Gasteiger partial charge is 0.463 e. The van der Waals surface area contributed by atoms with Crippen LogP contribution >= 0.6 is 11.6 Å².